The number of carbonyl (C=O) groups excluding carboxylic acids is 4. The Kier molecular flexibility index (Phi) is 9.96. The topological polar surface area (TPSA) is 152 Å². The van der Waals surface area contributed by atoms with Crippen molar-refractivity contribution in [1.82, 2.24) is 21.1 Å². The summed E-state index contributed by atoms with van der Waals surface area (Å²) < 4.78 is 15.3. The van der Waals surface area contributed by atoms with Gasteiger partial charge in [0.25, 0.3) is 5.91 Å². The second-order valence-corrected chi connectivity index (χ2v) is 10.1. The van der Waals surface area contributed by atoms with Gasteiger partial charge in [0, 0.05) is 13.2 Å². The second-order valence-electron chi connectivity index (χ2n) is 10.1. The molecule has 0 aliphatic carbocycles. The molecule has 1 aliphatic heterocycles. The number of aryl methyl sites for hydroxylation is 1. The highest BCUT2D eigenvalue weighted by molar-refractivity contribution is 5.99. The highest BCUT2D eigenvalue weighted by Gasteiger charge is 2.50. The summed E-state index contributed by atoms with van der Waals surface area (Å²) in [6.45, 7) is 11.3. The lowest BCUT2D eigenvalue weighted by molar-refractivity contribution is -0.134. The van der Waals surface area contributed by atoms with Gasteiger partial charge in [-0.3, -0.25) is 19.2 Å². The zero-order chi connectivity index (χ0) is 26.3. The minimum atomic E-state index is -1.07. The van der Waals surface area contributed by atoms with Crippen LogP contribution in [0.2, 0.25) is 0 Å². The van der Waals surface area contributed by atoms with Crippen LogP contribution in [0, 0.1) is 18.8 Å². The monoisotopic (exact) mass is 494 g/mol. The van der Waals surface area contributed by atoms with Crippen LogP contribution in [0.3, 0.4) is 0 Å². The summed E-state index contributed by atoms with van der Waals surface area (Å²) in [6.07, 6.45) is 0.787. The van der Waals surface area contributed by atoms with Gasteiger partial charge in [-0.15, -0.1) is 0 Å². The van der Waals surface area contributed by atoms with Crippen molar-refractivity contribution in [2.24, 2.45) is 11.8 Å². The maximum atomic E-state index is 13.2. The molecule has 2 rings (SSSR count). The molecule has 1 aliphatic rings. The summed E-state index contributed by atoms with van der Waals surface area (Å²) in [4.78, 5) is 51.7. The van der Waals surface area contributed by atoms with E-state index in [0.29, 0.717) is 25.2 Å². The molecule has 1 unspecified atom stereocenters. The Bertz CT molecular complexity index is 907. The number of nitrogens with one attached hydrogen (secondary N) is 3. The Morgan fingerprint density at radius 3 is 2.03 bits per heavy atom. The number of ether oxygens (including phenoxy) is 2. The van der Waals surface area contributed by atoms with Crippen LogP contribution in [0.5, 0.6) is 0 Å². The van der Waals surface area contributed by atoms with Crippen LogP contribution in [-0.4, -0.2) is 72.7 Å². The largest absolute Gasteiger partial charge is 0.382 e. The van der Waals surface area contributed by atoms with E-state index in [-0.39, 0.29) is 29.9 Å². The lowest BCUT2D eigenvalue weighted by atomic mass is 9.92. The maximum absolute atomic E-state index is 13.2. The fourth-order valence-electron chi connectivity index (χ4n) is 3.62. The van der Waals surface area contributed by atoms with Crippen molar-refractivity contribution in [2.75, 3.05) is 20.3 Å². The molecule has 0 saturated carbocycles. The number of rotatable bonds is 14. The van der Waals surface area contributed by atoms with Crippen molar-refractivity contribution < 1.29 is 33.2 Å². The number of nitrogens with zero attached hydrogens (tertiary/aromatic N) is 1. The molecule has 2 heterocycles. The summed E-state index contributed by atoms with van der Waals surface area (Å²) in [5, 5.41) is 11.7. The Morgan fingerprint density at radius 1 is 1.00 bits per heavy atom. The van der Waals surface area contributed by atoms with E-state index in [0.717, 1.165) is 0 Å². The molecule has 0 bridgehead atoms. The quantitative estimate of drug-likeness (QED) is 0.326. The fourth-order valence-corrected chi connectivity index (χ4v) is 3.62. The van der Waals surface area contributed by atoms with Gasteiger partial charge in [-0.05, 0) is 38.5 Å². The molecule has 1 aromatic rings. The van der Waals surface area contributed by atoms with Gasteiger partial charge in [-0.1, -0.05) is 32.9 Å². The lowest BCUT2D eigenvalue weighted by Gasteiger charge is -2.27. The third-order valence-corrected chi connectivity index (χ3v) is 5.59. The molecule has 0 spiro atoms. The van der Waals surface area contributed by atoms with Crippen LogP contribution in [0.25, 0.3) is 0 Å². The summed E-state index contributed by atoms with van der Waals surface area (Å²) in [6, 6.07) is -1.27. The van der Waals surface area contributed by atoms with Crippen LogP contribution >= 0.6 is 0 Å². The SMILES string of the molecule is COC[C@H](NC(=O)c1cc(C)on1)C(=O)N[C@@H](CC(C)C)C(=O)NC(CC(C)C)C(=O)[C@@]1(C)CO1. The van der Waals surface area contributed by atoms with Gasteiger partial charge in [-0.2, -0.15) is 0 Å². The summed E-state index contributed by atoms with van der Waals surface area (Å²) >= 11 is 0. The van der Waals surface area contributed by atoms with E-state index in [1.807, 2.05) is 27.7 Å². The average molecular weight is 495 g/mol. The Hall–Kier alpha value is -2.79. The number of hydrogen-bond donors (Lipinski definition) is 3. The fraction of sp³-hybridized carbons (Fsp3) is 0.708. The second kappa shape index (κ2) is 12.3. The van der Waals surface area contributed by atoms with Crippen molar-refractivity contribution >= 4 is 23.5 Å². The number of carbonyl (C=O) groups is 4. The maximum Gasteiger partial charge on any atom is 0.274 e. The molecule has 1 aromatic heterocycles. The van der Waals surface area contributed by atoms with E-state index in [9.17, 15) is 19.2 Å². The lowest BCUT2D eigenvalue weighted by Crippen LogP contribution is -2.57. The highest BCUT2D eigenvalue weighted by atomic mass is 16.6. The Morgan fingerprint density at radius 2 is 1.54 bits per heavy atom. The normalized spacial score (nSPS) is 19.7. The molecule has 11 heteroatoms. The first-order chi connectivity index (χ1) is 16.4. The van der Waals surface area contributed by atoms with E-state index >= 15 is 0 Å². The molecule has 4 atom stereocenters. The number of epoxide rings is 1. The molecule has 196 valence electrons. The van der Waals surface area contributed by atoms with Crippen LogP contribution in [0.1, 0.15) is 63.7 Å². The third kappa shape index (κ3) is 8.43. The number of hydrogen-bond acceptors (Lipinski definition) is 8. The zero-order valence-corrected chi connectivity index (χ0v) is 21.6. The molecule has 35 heavy (non-hydrogen) atoms. The van der Waals surface area contributed by atoms with Crippen molar-refractivity contribution in [3.05, 3.63) is 17.5 Å². The van der Waals surface area contributed by atoms with Crippen LogP contribution in [0.15, 0.2) is 10.6 Å². The molecule has 0 aromatic carbocycles. The molecular weight excluding hydrogens is 456 g/mol. The number of amides is 3. The van der Waals surface area contributed by atoms with Crippen molar-refractivity contribution in [1.29, 1.82) is 0 Å². The standard InChI is InChI=1S/C24H38N4O7/c1-13(2)8-16(20(29)24(6)12-34-24)25-21(30)17(9-14(3)4)26-23(32)19(11-33-7)27-22(31)18-10-15(5)35-28-18/h10,13-14,16-17,19H,8-9,11-12H2,1-7H3,(H,25,30)(H,26,32)(H,27,31)/t16?,17-,19-,24+/m0/s1. The number of ketones is 1. The van der Waals surface area contributed by atoms with Gasteiger partial charge in [0.05, 0.1) is 19.3 Å². The average Bonchev–Trinajstić information content (AvgIpc) is 3.37. The van der Waals surface area contributed by atoms with Gasteiger partial charge in [-0.25, -0.2) is 0 Å². The predicted molar refractivity (Wildman–Crippen MR) is 127 cm³/mol. The molecule has 3 N–H and O–H groups in total. The minimum absolute atomic E-state index is 0.0266. The van der Waals surface area contributed by atoms with Gasteiger partial charge in [0.2, 0.25) is 11.8 Å². The van der Waals surface area contributed by atoms with Gasteiger partial charge in [0.1, 0.15) is 23.4 Å². The van der Waals surface area contributed by atoms with Crippen LogP contribution in [-0.2, 0) is 23.9 Å². The molecule has 0 radical (unpaired) electrons. The Balaban J connectivity index is 2.13. The summed E-state index contributed by atoms with van der Waals surface area (Å²) in [5.74, 6) is -1.16. The predicted octanol–water partition coefficient (Wildman–Crippen LogP) is 1.15. The number of aromatic nitrogens is 1. The number of Topliss-reactive ketones (excluding diaryl/α,β-unsaturated/α-hetero) is 1. The van der Waals surface area contributed by atoms with E-state index < -0.39 is 41.4 Å². The summed E-state index contributed by atoms with van der Waals surface area (Å²) in [5.41, 5.74) is -0.851. The van der Waals surface area contributed by atoms with E-state index in [2.05, 4.69) is 21.1 Å². The van der Waals surface area contributed by atoms with Crippen molar-refractivity contribution in [3.63, 3.8) is 0 Å². The molecule has 1 saturated heterocycles. The van der Waals surface area contributed by atoms with E-state index in [4.69, 9.17) is 14.0 Å². The van der Waals surface area contributed by atoms with Crippen molar-refractivity contribution in [2.45, 2.75) is 78.1 Å². The Labute approximate surface area is 206 Å². The van der Waals surface area contributed by atoms with Crippen LogP contribution in [0.4, 0.5) is 0 Å². The smallest absolute Gasteiger partial charge is 0.274 e. The van der Waals surface area contributed by atoms with Crippen LogP contribution < -0.4 is 16.0 Å². The summed E-state index contributed by atoms with van der Waals surface area (Å²) in [7, 11) is 1.40. The van der Waals surface area contributed by atoms with Gasteiger partial charge in [0.15, 0.2) is 11.5 Å². The van der Waals surface area contributed by atoms with Gasteiger partial charge >= 0.3 is 0 Å². The molecule has 1 fully saturated rings. The molecule has 3 amide bonds. The first kappa shape index (κ1) is 28.4. The van der Waals surface area contributed by atoms with Crippen molar-refractivity contribution in [3.8, 4) is 0 Å². The zero-order valence-electron chi connectivity index (χ0n) is 21.6. The van der Waals surface area contributed by atoms with E-state index in [1.54, 1.807) is 13.8 Å². The first-order valence-electron chi connectivity index (χ1n) is 11.9. The first-order valence-corrected chi connectivity index (χ1v) is 11.9. The highest BCUT2D eigenvalue weighted by Crippen LogP contribution is 2.29. The van der Waals surface area contributed by atoms with Gasteiger partial charge < -0.3 is 29.9 Å². The minimum Gasteiger partial charge on any atom is -0.382 e. The molecule has 11 nitrogen and oxygen atoms in total. The van der Waals surface area contributed by atoms with E-state index in [1.165, 1.54) is 13.2 Å². The third-order valence-electron chi connectivity index (χ3n) is 5.59. The molecular formula is C24H38N4O7. The number of methoxy groups -OCH3 is 1.